The quantitative estimate of drug-likeness (QED) is 0.863. The number of hydrogen-bond acceptors (Lipinski definition) is 2. The molecule has 1 aromatic carbocycles. The van der Waals surface area contributed by atoms with Gasteiger partial charge < -0.3 is 9.84 Å². The molecule has 0 radical (unpaired) electrons. The smallest absolute Gasteiger partial charge is 0.120 e. The average Bonchev–Trinajstić information content (AvgIpc) is 2.40. The molecule has 0 aliphatic heterocycles. The highest BCUT2D eigenvalue weighted by Crippen LogP contribution is 2.28. The number of rotatable bonds is 5. The minimum absolute atomic E-state index is 0.255. The van der Waals surface area contributed by atoms with E-state index in [1.807, 2.05) is 6.07 Å². The molecule has 2 nitrogen and oxygen atoms in total. The highest BCUT2D eigenvalue weighted by Gasteiger charge is 2.22. The second-order valence-corrected chi connectivity index (χ2v) is 5.39. The van der Waals surface area contributed by atoms with Gasteiger partial charge in [-0.2, -0.15) is 0 Å². The standard InChI is InChI=1S/C16H24O2/c1-13-6-2-3-10-16(13)18-15-9-4-7-14(12-15)8-5-11-17/h4,7,9,12-13,16-17H,2-3,5-6,8,10-11H2,1H3/t13-,16-/m1/s1. The second-order valence-electron chi connectivity index (χ2n) is 5.39. The van der Waals surface area contributed by atoms with Gasteiger partial charge >= 0.3 is 0 Å². The third-order valence-electron chi connectivity index (χ3n) is 3.84. The molecule has 0 aromatic heterocycles. The summed E-state index contributed by atoms with van der Waals surface area (Å²) >= 11 is 0. The van der Waals surface area contributed by atoms with Crippen LogP contribution in [0, 0.1) is 5.92 Å². The molecule has 100 valence electrons. The van der Waals surface area contributed by atoms with E-state index in [1.54, 1.807) is 0 Å². The number of ether oxygens (including phenoxy) is 1. The predicted molar refractivity (Wildman–Crippen MR) is 73.9 cm³/mol. The van der Waals surface area contributed by atoms with E-state index in [-0.39, 0.29) is 6.61 Å². The van der Waals surface area contributed by atoms with Crippen LogP contribution in [-0.4, -0.2) is 17.8 Å². The van der Waals surface area contributed by atoms with Crippen molar-refractivity contribution in [1.29, 1.82) is 0 Å². The molecular weight excluding hydrogens is 224 g/mol. The van der Waals surface area contributed by atoms with Crippen LogP contribution in [-0.2, 0) is 6.42 Å². The van der Waals surface area contributed by atoms with Gasteiger partial charge in [-0.1, -0.05) is 25.5 Å². The SMILES string of the molecule is C[C@@H]1CCCC[C@H]1Oc1cccc(CCCO)c1. The summed E-state index contributed by atoms with van der Waals surface area (Å²) in [5.74, 6) is 1.66. The predicted octanol–water partition coefficient (Wildman–Crippen LogP) is 3.57. The third kappa shape index (κ3) is 3.74. The van der Waals surface area contributed by atoms with Crippen LogP contribution in [0.15, 0.2) is 24.3 Å². The van der Waals surface area contributed by atoms with E-state index in [1.165, 1.54) is 31.2 Å². The van der Waals surface area contributed by atoms with Gasteiger partial charge in [-0.3, -0.25) is 0 Å². The van der Waals surface area contributed by atoms with Crippen LogP contribution in [0.3, 0.4) is 0 Å². The molecule has 2 atom stereocenters. The zero-order valence-electron chi connectivity index (χ0n) is 11.3. The zero-order valence-corrected chi connectivity index (χ0v) is 11.3. The minimum Gasteiger partial charge on any atom is -0.490 e. The number of aliphatic hydroxyl groups excluding tert-OH is 1. The van der Waals surface area contributed by atoms with Crippen molar-refractivity contribution >= 4 is 0 Å². The van der Waals surface area contributed by atoms with Gasteiger partial charge in [0.25, 0.3) is 0 Å². The first-order valence-electron chi connectivity index (χ1n) is 7.16. The van der Waals surface area contributed by atoms with Crippen LogP contribution in [0.2, 0.25) is 0 Å². The Hall–Kier alpha value is -1.02. The summed E-state index contributed by atoms with van der Waals surface area (Å²) in [6.45, 7) is 2.55. The normalized spacial score (nSPS) is 23.9. The molecule has 0 bridgehead atoms. The van der Waals surface area contributed by atoms with Gasteiger partial charge in [-0.25, -0.2) is 0 Å². The summed E-state index contributed by atoms with van der Waals surface area (Å²) in [7, 11) is 0. The molecule has 0 heterocycles. The molecule has 2 rings (SSSR count). The first-order valence-corrected chi connectivity index (χ1v) is 7.16. The van der Waals surface area contributed by atoms with Crippen molar-refractivity contribution in [3.63, 3.8) is 0 Å². The van der Waals surface area contributed by atoms with Crippen molar-refractivity contribution in [3.05, 3.63) is 29.8 Å². The van der Waals surface area contributed by atoms with Crippen molar-refractivity contribution in [3.8, 4) is 5.75 Å². The van der Waals surface area contributed by atoms with Gasteiger partial charge in [-0.05, 0) is 55.7 Å². The molecular formula is C16H24O2. The lowest BCUT2D eigenvalue weighted by Gasteiger charge is -2.29. The minimum atomic E-state index is 0.255. The molecule has 1 fully saturated rings. The maximum absolute atomic E-state index is 8.86. The Morgan fingerprint density at radius 1 is 1.28 bits per heavy atom. The molecule has 0 unspecified atom stereocenters. The Balaban J connectivity index is 1.95. The number of aliphatic hydroxyl groups is 1. The van der Waals surface area contributed by atoms with Gasteiger partial charge in [0.1, 0.15) is 11.9 Å². The van der Waals surface area contributed by atoms with E-state index in [2.05, 4.69) is 25.1 Å². The fourth-order valence-electron chi connectivity index (χ4n) is 2.69. The van der Waals surface area contributed by atoms with E-state index in [9.17, 15) is 0 Å². The van der Waals surface area contributed by atoms with Gasteiger partial charge in [0, 0.05) is 6.61 Å². The first kappa shape index (κ1) is 13.4. The van der Waals surface area contributed by atoms with Crippen molar-refractivity contribution < 1.29 is 9.84 Å². The molecule has 2 heteroatoms. The van der Waals surface area contributed by atoms with Crippen molar-refractivity contribution in [2.24, 2.45) is 5.92 Å². The summed E-state index contributed by atoms with van der Waals surface area (Å²) in [4.78, 5) is 0. The first-order chi connectivity index (χ1) is 8.79. The van der Waals surface area contributed by atoms with Crippen LogP contribution in [0.25, 0.3) is 0 Å². The summed E-state index contributed by atoms with van der Waals surface area (Å²) in [5, 5.41) is 8.86. The van der Waals surface area contributed by atoms with Crippen molar-refractivity contribution in [2.75, 3.05) is 6.61 Å². The molecule has 1 saturated carbocycles. The van der Waals surface area contributed by atoms with E-state index >= 15 is 0 Å². The summed E-state index contributed by atoms with van der Waals surface area (Å²) in [6.07, 6.45) is 7.23. The Labute approximate surface area is 110 Å². The number of benzene rings is 1. The highest BCUT2D eigenvalue weighted by molar-refractivity contribution is 5.28. The fourth-order valence-corrected chi connectivity index (χ4v) is 2.69. The molecule has 0 spiro atoms. The molecule has 0 amide bonds. The van der Waals surface area contributed by atoms with Crippen LogP contribution >= 0.6 is 0 Å². The van der Waals surface area contributed by atoms with E-state index in [0.29, 0.717) is 12.0 Å². The third-order valence-corrected chi connectivity index (χ3v) is 3.84. The molecule has 1 aliphatic carbocycles. The fraction of sp³-hybridized carbons (Fsp3) is 0.625. The maximum atomic E-state index is 8.86. The van der Waals surface area contributed by atoms with E-state index < -0.39 is 0 Å². The van der Waals surface area contributed by atoms with Crippen molar-refractivity contribution in [2.45, 2.75) is 51.6 Å². The topological polar surface area (TPSA) is 29.5 Å². The van der Waals surface area contributed by atoms with Gasteiger partial charge in [0.15, 0.2) is 0 Å². The Morgan fingerprint density at radius 2 is 2.11 bits per heavy atom. The lowest BCUT2D eigenvalue weighted by atomic mass is 9.88. The summed E-state index contributed by atoms with van der Waals surface area (Å²) in [5.41, 5.74) is 1.25. The molecule has 1 N–H and O–H groups in total. The Morgan fingerprint density at radius 3 is 2.89 bits per heavy atom. The van der Waals surface area contributed by atoms with Gasteiger partial charge in [-0.15, -0.1) is 0 Å². The van der Waals surface area contributed by atoms with E-state index in [4.69, 9.17) is 9.84 Å². The maximum Gasteiger partial charge on any atom is 0.120 e. The Bertz CT molecular complexity index is 362. The second kappa shape index (κ2) is 6.79. The molecule has 18 heavy (non-hydrogen) atoms. The zero-order chi connectivity index (χ0) is 12.8. The van der Waals surface area contributed by atoms with Crippen LogP contribution in [0.1, 0.15) is 44.6 Å². The van der Waals surface area contributed by atoms with Crippen molar-refractivity contribution in [1.82, 2.24) is 0 Å². The lowest BCUT2D eigenvalue weighted by Crippen LogP contribution is -2.28. The molecule has 1 aliphatic rings. The van der Waals surface area contributed by atoms with Crippen LogP contribution in [0.5, 0.6) is 5.75 Å². The lowest BCUT2D eigenvalue weighted by molar-refractivity contribution is 0.102. The van der Waals surface area contributed by atoms with Crippen LogP contribution in [0.4, 0.5) is 0 Å². The summed E-state index contributed by atoms with van der Waals surface area (Å²) < 4.78 is 6.13. The monoisotopic (exact) mass is 248 g/mol. The van der Waals surface area contributed by atoms with E-state index in [0.717, 1.165) is 18.6 Å². The Kier molecular flexibility index (Phi) is 5.06. The average molecular weight is 248 g/mol. The van der Waals surface area contributed by atoms with Gasteiger partial charge in [0.2, 0.25) is 0 Å². The van der Waals surface area contributed by atoms with Gasteiger partial charge in [0.05, 0.1) is 0 Å². The summed E-state index contributed by atoms with van der Waals surface area (Å²) in [6, 6.07) is 8.32. The van der Waals surface area contributed by atoms with Crippen LogP contribution < -0.4 is 4.74 Å². The number of aryl methyl sites for hydroxylation is 1. The number of hydrogen-bond donors (Lipinski definition) is 1. The largest absolute Gasteiger partial charge is 0.490 e. The highest BCUT2D eigenvalue weighted by atomic mass is 16.5. The molecule has 0 saturated heterocycles. The molecule has 1 aromatic rings.